The number of benzene rings is 2. The molecule has 24 heavy (non-hydrogen) atoms. The Labute approximate surface area is 148 Å². The topological polar surface area (TPSA) is 32.3 Å². The Balaban J connectivity index is 2.30. The maximum absolute atomic E-state index is 10.3. The zero-order chi connectivity index (χ0) is 17.8. The summed E-state index contributed by atoms with van der Waals surface area (Å²) in [6, 6.07) is 16.4. The highest BCUT2D eigenvalue weighted by atomic mass is 31.1. The fourth-order valence-corrected chi connectivity index (χ4v) is 4.37. The number of hydrogen-bond donors (Lipinski definition) is 2. The molecular formula is C21H30NOP. The van der Waals surface area contributed by atoms with Gasteiger partial charge in [-0.25, -0.2) is 0 Å². The molecule has 0 fully saturated rings. The molecule has 0 heterocycles. The summed E-state index contributed by atoms with van der Waals surface area (Å²) in [6.07, 6.45) is 0.990. The maximum atomic E-state index is 10.3. The van der Waals surface area contributed by atoms with Crippen LogP contribution in [0.1, 0.15) is 52.2 Å². The van der Waals surface area contributed by atoms with Crippen LogP contribution in [-0.2, 0) is 11.7 Å². The summed E-state index contributed by atoms with van der Waals surface area (Å²) < 4.78 is 0. The molecule has 0 aromatic heterocycles. The van der Waals surface area contributed by atoms with E-state index in [0.29, 0.717) is 14.3 Å². The third kappa shape index (κ3) is 4.82. The van der Waals surface area contributed by atoms with Gasteiger partial charge in [0.05, 0.1) is 0 Å². The van der Waals surface area contributed by atoms with E-state index in [1.165, 1.54) is 10.9 Å². The number of nitrogens with one attached hydrogen (secondary N) is 1. The molecule has 0 saturated heterocycles. The zero-order valence-electron chi connectivity index (χ0n) is 15.5. The summed E-state index contributed by atoms with van der Waals surface area (Å²) >= 11 is 0. The van der Waals surface area contributed by atoms with Gasteiger partial charge in [0.25, 0.3) is 0 Å². The lowest BCUT2D eigenvalue weighted by Crippen LogP contribution is -2.36. The summed E-state index contributed by atoms with van der Waals surface area (Å²) in [5.74, 6) is 0.402. The minimum Gasteiger partial charge on any atom is -0.508 e. The summed E-state index contributed by atoms with van der Waals surface area (Å²) in [7, 11) is 0.614. The first-order valence-electron chi connectivity index (χ1n) is 8.65. The Kier molecular flexibility index (Phi) is 6.06. The van der Waals surface area contributed by atoms with Crippen LogP contribution in [0.3, 0.4) is 0 Å². The van der Waals surface area contributed by atoms with Crippen molar-refractivity contribution in [1.82, 2.24) is 5.32 Å². The smallest absolute Gasteiger partial charge is 0.119 e. The molecule has 2 atom stereocenters. The fourth-order valence-electron chi connectivity index (χ4n) is 2.74. The molecule has 2 rings (SSSR count). The molecule has 2 aromatic carbocycles. The van der Waals surface area contributed by atoms with Gasteiger partial charge >= 0.3 is 0 Å². The van der Waals surface area contributed by atoms with E-state index in [9.17, 15) is 5.11 Å². The summed E-state index contributed by atoms with van der Waals surface area (Å²) in [5.41, 5.74) is 2.49. The van der Waals surface area contributed by atoms with Crippen LogP contribution < -0.4 is 10.6 Å². The van der Waals surface area contributed by atoms with Crippen LogP contribution in [-0.4, -0.2) is 10.6 Å². The average molecular weight is 343 g/mol. The third-order valence-corrected chi connectivity index (χ3v) is 6.37. The van der Waals surface area contributed by atoms with Crippen LogP contribution in [0.2, 0.25) is 0 Å². The standard InChI is InChI=1S/C21H30NOP/c1-6-21(5,17-12-8-9-13-18(17)23)24-19-14-10-7-11-16(19)15-22-20(2,3)4/h7-14,22-24H,6,15H2,1-5H3. The van der Waals surface area contributed by atoms with Gasteiger partial charge in [-0.1, -0.05) is 64.9 Å². The number of aromatic hydroxyl groups is 1. The fraction of sp³-hybridized carbons (Fsp3) is 0.429. The maximum Gasteiger partial charge on any atom is 0.119 e. The normalized spacial score (nSPS) is 14.9. The van der Waals surface area contributed by atoms with Crippen molar-refractivity contribution in [3.8, 4) is 5.75 Å². The second kappa shape index (κ2) is 7.68. The van der Waals surface area contributed by atoms with E-state index in [-0.39, 0.29) is 10.7 Å². The van der Waals surface area contributed by atoms with Crippen molar-refractivity contribution in [2.24, 2.45) is 0 Å². The Morgan fingerprint density at radius 2 is 1.58 bits per heavy atom. The van der Waals surface area contributed by atoms with Crippen LogP contribution in [0.15, 0.2) is 48.5 Å². The minimum atomic E-state index is -0.0524. The van der Waals surface area contributed by atoms with Crippen molar-refractivity contribution < 1.29 is 5.11 Å². The molecule has 2 unspecified atom stereocenters. The van der Waals surface area contributed by atoms with E-state index in [1.54, 1.807) is 6.07 Å². The lowest BCUT2D eigenvalue weighted by Gasteiger charge is -2.31. The molecule has 0 amide bonds. The molecular weight excluding hydrogens is 313 g/mol. The zero-order valence-corrected chi connectivity index (χ0v) is 16.5. The molecule has 0 aliphatic rings. The number of phenolic OH excluding ortho intramolecular Hbond substituents is 1. The van der Waals surface area contributed by atoms with Crippen molar-refractivity contribution in [3.05, 3.63) is 59.7 Å². The lowest BCUT2D eigenvalue weighted by atomic mass is 9.96. The predicted molar refractivity (Wildman–Crippen MR) is 107 cm³/mol. The van der Waals surface area contributed by atoms with Crippen LogP contribution in [0.25, 0.3) is 0 Å². The van der Waals surface area contributed by atoms with E-state index < -0.39 is 0 Å². The first-order chi connectivity index (χ1) is 11.2. The highest BCUT2D eigenvalue weighted by molar-refractivity contribution is 7.48. The van der Waals surface area contributed by atoms with E-state index in [0.717, 1.165) is 18.5 Å². The largest absolute Gasteiger partial charge is 0.508 e. The van der Waals surface area contributed by atoms with E-state index >= 15 is 0 Å². The summed E-state index contributed by atoms with van der Waals surface area (Å²) in [6.45, 7) is 11.9. The number of rotatable bonds is 6. The molecule has 0 radical (unpaired) electrons. The predicted octanol–water partition coefficient (Wildman–Crippen LogP) is 4.91. The van der Waals surface area contributed by atoms with Crippen molar-refractivity contribution in [2.75, 3.05) is 0 Å². The van der Waals surface area contributed by atoms with Gasteiger partial charge in [-0.05, 0) is 44.1 Å². The van der Waals surface area contributed by atoms with E-state index in [4.69, 9.17) is 0 Å². The molecule has 2 aromatic rings. The van der Waals surface area contributed by atoms with Crippen molar-refractivity contribution >= 4 is 13.9 Å². The number of para-hydroxylation sites is 1. The van der Waals surface area contributed by atoms with Crippen molar-refractivity contribution in [3.63, 3.8) is 0 Å². The van der Waals surface area contributed by atoms with Gasteiger partial charge in [0, 0.05) is 22.8 Å². The Morgan fingerprint density at radius 3 is 2.21 bits per heavy atom. The molecule has 0 saturated carbocycles. The molecule has 0 aliphatic carbocycles. The highest BCUT2D eigenvalue weighted by Crippen LogP contribution is 2.47. The minimum absolute atomic E-state index is 0.0524. The first-order valence-corrected chi connectivity index (χ1v) is 9.65. The second-order valence-electron chi connectivity index (χ2n) is 7.59. The van der Waals surface area contributed by atoms with Crippen LogP contribution in [0.5, 0.6) is 5.75 Å². The van der Waals surface area contributed by atoms with Gasteiger partial charge in [-0.3, -0.25) is 0 Å². The second-order valence-corrected chi connectivity index (χ2v) is 9.48. The van der Waals surface area contributed by atoms with E-state index in [2.05, 4.69) is 70.3 Å². The van der Waals surface area contributed by atoms with Crippen LogP contribution >= 0.6 is 8.58 Å². The molecule has 3 heteroatoms. The summed E-state index contributed by atoms with van der Waals surface area (Å²) in [5, 5.41) is 15.2. The number of hydrogen-bond acceptors (Lipinski definition) is 2. The molecule has 130 valence electrons. The van der Waals surface area contributed by atoms with Crippen molar-refractivity contribution in [1.29, 1.82) is 0 Å². The SMILES string of the molecule is CCC(C)(Pc1ccccc1CNC(C)(C)C)c1ccccc1O. The Morgan fingerprint density at radius 1 is 0.958 bits per heavy atom. The first kappa shape index (κ1) is 19.0. The van der Waals surface area contributed by atoms with Crippen LogP contribution in [0, 0.1) is 0 Å². The van der Waals surface area contributed by atoms with Gasteiger partial charge in [0.2, 0.25) is 0 Å². The molecule has 0 aliphatic heterocycles. The number of phenols is 1. The van der Waals surface area contributed by atoms with Crippen molar-refractivity contribution in [2.45, 2.75) is 58.3 Å². The quantitative estimate of drug-likeness (QED) is 0.731. The van der Waals surface area contributed by atoms with Gasteiger partial charge in [-0.2, -0.15) is 0 Å². The van der Waals surface area contributed by atoms with Gasteiger partial charge in [0.1, 0.15) is 5.75 Å². The monoisotopic (exact) mass is 343 g/mol. The Hall–Kier alpha value is -1.37. The molecule has 2 N–H and O–H groups in total. The van der Waals surface area contributed by atoms with Gasteiger partial charge < -0.3 is 10.4 Å². The molecule has 0 bridgehead atoms. The Bertz CT molecular complexity index is 678. The molecule has 2 nitrogen and oxygen atoms in total. The van der Waals surface area contributed by atoms with Crippen LogP contribution in [0.4, 0.5) is 0 Å². The lowest BCUT2D eigenvalue weighted by molar-refractivity contribution is 0.425. The molecule has 0 spiro atoms. The van der Waals surface area contributed by atoms with E-state index in [1.807, 2.05) is 12.1 Å². The van der Waals surface area contributed by atoms with Gasteiger partial charge in [-0.15, -0.1) is 0 Å². The average Bonchev–Trinajstić information content (AvgIpc) is 2.53. The van der Waals surface area contributed by atoms with Gasteiger partial charge in [0.15, 0.2) is 0 Å². The highest BCUT2D eigenvalue weighted by Gasteiger charge is 2.28. The summed E-state index contributed by atoms with van der Waals surface area (Å²) in [4.78, 5) is 0. The third-order valence-electron chi connectivity index (χ3n) is 4.44.